The van der Waals surface area contributed by atoms with E-state index in [-0.39, 0.29) is 18.2 Å². The lowest BCUT2D eigenvalue weighted by Gasteiger charge is -2.15. The summed E-state index contributed by atoms with van der Waals surface area (Å²) in [7, 11) is -3.85. The van der Waals surface area contributed by atoms with Crippen molar-refractivity contribution in [2.24, 2.45) is 0 Å². The van der Waals surface area contributed by atoms with Gasteiger partial charge in [-0.3, -0.25) is 4.79 Å². The quantitative estimate of drug-likeness (QED) is 0.678. The third-order valence-corrected chi connectivity index (χ3v) is 5.92. The normalized spacial score (nSPS) is 13.8. The molecule has 2 N–H and O–H groups in total. The number of fused-ring (bicyclic) bond motifs is 1. The van der Waals surface area contributed by atoms with Gasteiger partial charge in [0.2, 0.25) is 22.7 Å². The molecule has 0 radical (unpaired) electrons. The molecule has 0 unspecified atom stereocenters. The molecule has 0 saturated carbocycles. The summed E-state index contributed by atoms with van der Waals surface area (Å²) < 4.78 is 43.6. The molecule has 2 aromatic rings. The van der Waals surface area contributed by atoms with Crippen LogP contribution in [0.4, 0.5) is 0 Å². The highest BCUT2D eigenvalue weighted by Gasteiger charge is 2.23. The van der Waals surface area contributed by atoms with Crippen molar-refractivity contribution in [2.75, 3.05) is 13.4 Å². The predicted octanol–water partition coefficient (Wildman–Crippen LogP) is 2.11. The number of hydrogen-bond donors (Lipinski definition) is 2. The second kappa shape index (κ2) is 8.71. The number of carbonyl (C=O) groups is 1. The zero-order chi connectivity index (χ0) is 21.0. The van der Waals surface area contributed by atoms with Crippen molar-refractivity contribution < 1.29 is 27.4 Å². The van der Waals surface area contributed by atoms with Crippen LogP contribution in [0.15, 0.2) is 41.3 Å². The summed E-state index contributed by atoms with van der Waals surface area (Å²) in [5.41, 5.74) is 1.52. The third-order valence-electron chi connectivity index (χ3n) is 4.39. The zero-order valence-electron chi connectivity index (χ0n) is 16.5. The largest absolute Gasteiger partial charge is 0.494 e. The van der Waals surface area contributed by atoms with Gasteiger partial charge >= 0.3 is 0 Å². The summed E-state index contributed by atoms with van der Waals surface area (Å²) in [6, 6.07) is 9.00. The fourth-order valence-corrected chi connectivity index (χ4v) is 4.14. The van der Waals surface area contributed by atoms with Crippen LogP contribution in [0.1, 0.15) is 25.0 Å². The maximum Gasteiger partial charge on any atom is 0.241 e. The van der Waals surface area contributed by atoms with E-state index in [1.807, 2.05) is 13.0 Å². The van der Waals surface area contributed by atoms with E-state index in [2.05, 4.69) is 10.0 Å². The van der Waals surface area contributed by atoms with Gasteiger partial charge in [0.25, 0.3) is 0 Å². The van der Waals surface area contributed by atoms with E-state index in [0.717, 1.165) is 5.56 Å². The SMILES string of the molecule is CCOc1ccc(S(=O)(=O)N[C@@H](C)C(=O)NCc2ccc3c(c2)OCO3)cc1C. The Morgan fingerprint density at radius 2 is 1.93 bits per heavy atom. The van der Waals surface area contributed by atoms with Crippen LogP contribution >= 0.6 is 0 Å². The van der Waals surface area contributed by atoms with Gasteiger partial charge in [0.1, 0.15) is 5.75 Å². The second-order valence-electron chi connectivity index (χ2n) is 6.61. The van der Waals surface area contributed by atoms with Crippen LogP contribution in [0.5, 0.6) is 17.2 Å². The molecule has 9 heteroatoms. The van der Waals surface area contributed by atoms with E-state index in [1.165, 1.54) is 19.1 Å². The van der Waals surface area contributed by atoms with Crippen molar-refractivity contribution in [3.8, 4) is 17.2 Å². The van der Waals surface area contributed by atoms with E-state index >= 15 is 0 Å². The maximum absolute atomic E-state index is 12.6. The zero-order valence-corrected chi connectivity index (χ0v) is 17.3. The Labute approximate surface area is 170 Å². The lowest BCUT2D eigenvalue weighted by atomic mass is 10.2. The molecule has 0 spiro atoms. The highest BCUT2D eigenvalue weighted by atomic mass is 32.2. The molecular formula is C20H24N2O6S. The maximum atomic E-state index is 12.6. The van der Waals surface area contributed by atoms with Gasteiger partial charge in [-0.2, -0.15) is 4.72 Å². The van der Waals surface area contributed by atoms with Gasteiger partial charge in [0.05, 0.1) is 17.5 Å². The average molecular weight is 420 g/mol. The van der Waals surface area contributed by atoms with Crippen LogP contribution in [0, 0.1) is 6.92 Å². The topological polar surface area (TPSA) is 103 Å². The Bertz CT molecular complexity index is 1010. The van der Waals surface area contributed by atoms with Crippen LogP contribution in [0.25, 0.3) is 0 Å². The minimum Gasteiger partial charge on any atom is -0.494 e. The van der Waals surface area contributed by atoms with Crippen molar-refractivity contribution in [3.05, 3.63) is 47.5 Å². The molecule has 29 heavy (non-hydrogen) atoms. The lowest BCUT2D eigenvalue weighted by molar-refractivity contribution is -0.122. The number of nitrogens with one attached hydrogen (secondary N) is 2. The van der Waals surface area contributed by atoms with Gasteiger partial charge in [-0.25, -0.2) is 8.42 Å². The molecule has 1 aliphatic rings. The summed E-state index contributed by atoms with van der Waals surface area (Å²) in [5.74, 6) is 1.47. The average Bonchev–Trinajstić information content (AvgIpc) is 3.15. The van der Waals surface area contributed by atoms with Gasteiger partial charge in [-0.05, 0) is 62.2 Å². The Kier molecular flexibility index (Phi) is 6.29. The summed E-state index contributed by atoms with van der Waals surface area (Å²) >= 11 is 0. The summed E-state index contributed by atoms with van der Waals surface area (Å²) in [6.45, 7) is 6.03. The van der Waals surface area contributed by atoms with Gasteiger partial charge in [0.15, 0.2) is 11.5 Å². The third kappa shape index (κ3) is 4.99. The smallest absolute Gasteiger partial charge is 0.241 e. The molecule has 0 aliphatic carbocycles. The summed E-state index contributed by atoms with van der Waals surface area (Å²) in [4.78, 5) is 12.4. The van der Waals surface area contributed by atoms with E-state index in [9.17, 15) is 13.2 Å². The monoisotopic (exact) mass is 420 g/mol. The van der Waals surface area contributed by atoms with Crippen molar-refractivity contribution in [1.82, 2.24) is 10.0 Å². The van der Waals surface area contributed by atoms with E-state index in [0.29, 0.717) is 29.4 Å². The van der Waals surface area contributed by atoms with E-state index in [1.54, 1.807) is 25.1 Å². The fourth-order valence-electron chi connectivity index (χ4n) is 2.85. The number of sulfonamides is 1. The van der Waals surface area contributed by atoms with Crippen LogP contribution < -0.4 is 24.2 Å². The first-order chi connectivity index (χ1) is 13.8. The minimum atomic E-state index is -3.85. The van der Waals surface area contributed by atoms with Gasteiger partial charge in [-0.1, -0.05) is 6.07 Å². The lowest BCUT2D eigenvalue weighted by Crippen LogP contribution is -2.44. The number of amides is 1. The summed E-state index contributed by atoms with van der Waals surface area (Å²) in [6.07, 6.45) is 0. The molecule has 0 bridgehead atoms. The molecule has 3 rings (SSSR count). The first kappa shape index (κ1) is 20.9. The van der Waals surface area contributed by atoms with Crippen molar-refractivity contribution in [2.45, 2.75) is 38.3 Å². The second-order valence-corrected chi connectivity index (χ2v) is 8.32. The van der Waals surface area contributed by atoms with Crippen LogP contribution in [-0.4, -0.2) is 33.8 Å². The fraction of sp³-hybridized carbons (Fsp3) is 0.350. The minimum absolute atomic E-state index is 0.0777. The Balaban J connectivity index is 1.60. The number of aryl methyl sites for hydroxylation is 1. The molecule has 0 saturated heterocycles. The Hall–Kier alpha value is -2.78. The van der Waals surface area contributed by atoms with Crippen molar-refractivity contribution in [3.63, 3.8) is 0 Å². The highest BCUT2D eigenvalue weighted by Crippen LogP contribution is 2.32. The summed E-state index contributed by atoms with van der Waals surface area (Å²) in [5, 5.41) is 2.72. The molecule has 1 amide bonds. The highest BCUT2D eigenvalue weighted by molar-refractivity contribution is 7.89. The number of carbonyl (C=O) groups excluding carboxylic acids is 1. The van der Waals surface area contributed by atoms with Gasteiger partial charge in [-0.15, -0.1) is 0 Å². The molecule has 1 atom stereocenters. The molecule has 156 valence electrons. The standard InChI is InChI=1S/C20H24N2O6S/c1-4-26-17-8-6-16(9-13(17)2)29(24,25)22-14(3)20(23)21-11-15-5-7-18-19(10-15)28-12-27-18/h5-10,14,22H,4,11-12H2,1-3H3,(H,21,23)/t14-/m0/s1. The number of rotatable bonds is 8. The first-order valence-electron chi connectivity index (χ1n) is 9.22. The Morgan fingerprint density at radius 1 is 1.17 bits per heavy atom. The number of hydrogen-bond acceptors (Lipinski definition) is 6. The number of ether oxygens (including phenoxy) is 3. The van der Waals surface area contributed by atoms with Crippen molar-refractivity contribution >= 4 is 15.9 Å². The van der Waals surface area contributed by atoms with Gasteiger partial charge < -0.3 is 19.5 Å². The van der Waals surface area contributed by atoms with Crippen LogP contribution in [0.3, 0.4) is 0 Å². The Morgan fingerprint density at radius 3 is 2.66 bits per heavy atom. The van der Waals surface area contributed by atoms with Crippen LogP contribution in [0.2, 0.25) is 0 Å². The molecular weight excluding hydrogens is 396 g/mol. The van der Waals surface area contributed by atoms with Crippen LogP contribution in [-0.2, 0) is 21.4 Å². The van der Waals surface area contributed by atoms with E-state index in [4.69, 9.17) is 14.2 Å². The van der Waals surface area contributed by atoms with Crippen molar-refractivity contribution in [1.29, 1.82) is 0 Å². The van der Waals surface area contributed by atoms with Gasteiger partial charge in [0, 0.05) is 6.54 Å². The molecule has 1 aliphatic heterocycles. The first-order valence-corrected chi connectivity index (χ1v) is 10.7. The number of benzene rings is 2. The van der Waals surface area contributed by atoms with E-state index < -0.39 is 22.0 Å². The predicted molar refractivity (Wildman–Crippen MR) is 107 cm³/mol. The molecule has 0 aromatic heterocycles. The molecule has 1 heterocycles. The molecule has 0 fully saturated rings. The molecule has 8 nitrogen and oxygen atoms in total. The molecule has 2 aromatic carbocycles.